The van der Waals surface area contributed by atoms with Crippen molar-refractivity contribution in [2.45, 2.75) is 37.5 Å². The molecule has 2 heterocycles. The molecule has 31 heavy (non-hydrogen) atoms. The van der Waals surface area contributed by atoms with E-state index in [0.717, 1.165) is 11.0 Å². The van der Waals surface area contributed by atoms with Crippen molar-refractivity contribution in [3.8, 4) is 11.4 Å². The normalized spacial score (nSPS) is 18.1. The molecule has 13 heteroatoms. The molecular weight excluding hydrogens is 432 g/mol. The quantitative estimate of drug-likeness (QED) is 0.479. The van der Waals surface area contributed by atoms with Gasteiger partial charge < -0.3 is 10.2 Å². The number of piperidine rings is 1. The van der Waals surface area contributed by atoms with E-state index in [4.69, 9.17) is 0 Å². The summed E-state index contributed by atoms with van der Waals surface area (Å²) < 4.78 is 79.1. The third-order valence-electron chi connectivity index (χ3n) is 4.55. The van der Waals surface area contributed by atoms with Gasteiger partial charge in [0, 0.05) is 24.9 Å². The molecule has 0 amide bonds. The molecule has 0 aliphatic carbocycles. The van der Waals surface area contributed by atoms with Gasteiger partial charge in [0.25, 0.3) is 0 Å². The van der Waals surface area contributed by atoms with Crippen molar-refractivity contribution >= 4 is 6.20 Å². The molecule has 7 nitrogen and oxygen atoms in total. The lowest BCUT2D eigenvalue weighted by molar-refractivity contribution is -0.143. The molecule has 1 aliphatic heterocycles. The van der Waals surface area contributed by atoms with E-state index in [9.17, 15) is 36.6 Å². The van der Waals surface area contributed by atoms with Gasteiger partial charge in [-0.05, 0) is 37.1 Å². The average molecular weight is 451 g/mol. The van der Waals surface area contributed by atoms with Crippen molar-refractivity contribution in [2.24, 2.45) is 0 Å². The highest BCUT2D eigenvalue weighted by Crippen LogP contribution is 2.38. The SMILES string of the molecule is OC1CCN(NC(O)/C=C\n2cnc(-c3cc(C(F)(F)F)cc(C(F)(F)F)c3)n2)CC1. The van der Waals surface area contributed by atoms with Gasteiger partial charge in [-0.1, -0.05) is 0 Å². The first-order valence-corrected chi connectivity index (χ1v) is 9.18. The first-order chi connectivity index (χ1) is 14.4. The number of hydrogen-bond donors (Lipinski definition) is 3. The largest absolute Gasteiger partial charge is 0.416 e. The number of nitrogens with one attached hydrogen (secondary N) is 1. The van der Waals surface area contributed by atoms with Crippen LogP contribution in [-0.4, -0.2) is 55.4 Å². The highest BCUT2D eigenvalue weighted by molar-refractivity contribution is 5.58. The molecule has 1 aromatic heterocycles. The van der Waals surface area contributed by atoms with E-state index in [2.05, 4.69) is 15.5 Å². The summed E-state index contributed by atoms with van der Waals surface area (Å²) in [7, 11) is 0. The van der Waals surface area contributed by atoms with Crippen molar-refractivity contribution in [3.63, 3.8) is 0 Å². The highest BCUT2D eigenvalue weighted by atomic mass is 19.4. The number of benzene rings is 1. The summed E-state index contributed by atoms with van der Waals surface area (Å²) >= 11 is 0. The Labute approximate surface area is 172 Å². The predicted octanol–water partition coefficient (Wildman–Crippen LogP) is 2.73. The fourth-order valence-electron chi connectivity index (χ4n) is 2.96. The molecule has 0 spiro atoms. The number of hydrogen-bond acceptors (Lipinski definition) is 6. The number of aliphatic hydroxyl groups excluding tert-OH is 2. The van der Waals surface area contributed by atoms with Crippen molar-refractivity contribution in [2.75, 3.05) is 13.1 Å². The molecule has 2 aromatic rings. The molecular formula is C18H19F6N5O2. The zero-order valence-electron chi connectivity index (χ0n) is 15.9. The van der Waals surface area contributed by atoms with E-state index < -0.39 is 35.3 Å². The van der Waals surface area contributed by atoms with E-state index in [-0.39, 0.29) is 18.0 Å². The van der Waals surface area contributed by atoms with E-state index in [1.807, 2.05) is 0 Å². The van der Waals surface area contributed by atoms with Crippen molar-refractivity contribution in [1.82, 2.24) is 25.2 Å². The second-order valence-corrected chi connectivity index (χ2v) is 6.98. The predicted molar refractivity (Wildman–Crippen MR) is 96.7 cm³/mol. The summed E-state index contributed by atoms with van der Waals surface area (Å²) in [4.78, 5) is 3.76. The number of hydrazine groups is 1. The van der Waals surface area contributed by atoms with Gasteiger partial charge >= 0.3 is 12.4 Å². The fourth-order valence-corrected chi connectivity index (χ4v) is 2.96. The third kappa shape index (κ3) is 6.26. The Kier molecular flexibility index (Phi) is 6.69. The molecule has 0 saturated carbocycles. The van der Waals surface area contributed by atoms with Crippen LogP contribution in [0.2, 0.25) is 0 Å². The molecule has 0 radical (unpaired) electrons. The second-order valence-electron chi connectivity index (χ2n) is 6.98. The van der Waals surface area contributed by atoms with Gasteiger partial charge in [0.2, 0.25) is 0 Å². The van der Waals surface area contributed by atoms with Gasteiger partial charge in [-0.2, -0.15) is 26.3 Å². The van der Waals surface area contributed by atoms with Crippen LogP contribution in [0.25, 0.3) is 17.6 Å². The molecule has 1 fully saturated rings. The van der Waals surface area contributed by atoms with Gasteiger partial charge in [-0.25, -0.2) is 20.1 Å². The van der Waals surface area contributed by atoms with E-state index >= 15 is 0 Å². The van der Waals surface area contributed by atoms with Crippen LogP contribution in [0.5, 0.6) is 0 Å². The first-order valence-electron chi connectivity index (χ1n) is 9.18. The maximum atomic E-state index is 13.0. The fraction of sp³-hybridized carbons (Fsp3) is 0.444. The van der Waals surface area contributed by atoms with Crippen LogP contribution in [0.15, 0.2) is 30.6 Å². The number of nitrogens with zero attached hydrogens (tertiary/aromatic N) is 4. The summed E-state index contributed by atoms with van der Waals surface area (Å²) in [6, 6.07) is 1.11. The smallest absolute Gasteiger partial charge is 0.393 e. The minimum atomic E-state index is -4.97. The Morgan fingerprint density at radius 3 is 2.16 bits per heavy atom. The number of halogens is 6. The molecule has 1 aliphatic rings. The van der Waals surface area contributed by atoms with E-state index in [0.29, 0.717) is 38.1 Å². The molecule has 1 saturated heterocycles. The molecule has 3 N–H and O–H groups in total. The average Bonchev–Trinajstić information content (AvgIpc) is 3.16. The zero-order valence-corrected chi connectivity index (χ0v) is 15.9. The second kappa shape index (κ2) is 8.94. The van der Waals surface area contributed by atoms with Gasteiger partial charge in [0.15, 0.2) is 5.82 Å². The van der Waals surface area contributed by atoms with E-state index in [1.54, 1.807) is 5.01 Å². The lowest BCUT2D eigenvalue weighted by Crippen LogP contribution is -2.48. The summed E-state index contributed by atoms with van der Waals surface area (Å²) in [5.74, 6) is -0.339. The van der Waals surface area contributed by atoms with Crippen LogP contribution < -0.4 is 5.43 Å². The Bertz CT molecular complexity index is 887. The standard InChI is InChI=1S/C18H19F6N5O2/c19-17(20,21)12-7-11(8-13(9-12)18(22,23)24)16-25-10-29(27-16)6-3-15(31)26-28-4-1-14(30)2-5-28/h3,6-10,14-15,26,30-31H,1-2,4-5H2/b6-3-. The molecule has 1 atom stereocenters. The Balaban J connectivity index is 1.74. The number of rotatable bonds is 5. The highest BCUT2D eigenvalue weighted by Gasteiger charge is 2.37. The summed E-state index contributed by atoms with van der Waals surface area (Å²) in [5.41, 5.74) is -0.594. The van der Waals surface area contributed by atoms with Gasteiger partial charge in [-0.3, -0.25) is 0 Å². The van der Waals surface area contributed by atoms with Gasteiger partial charge in [0.1, 0.15) is 12.6 Å². The maximum Gasteiger partial charge on any atom is 0.416 e. The van der Waals surface area contributed by atoms with Crippen LogP contribution >= 0.6 is 0 Å². The number of alkyl halides is 6. The van der Waals surface area contributed by atoms with Gasteiger partial charge in [-0.15, -0.1) is 5.10 Å². The van der Waals surface area contributed by atoms with Crippen molar-refractivity contribution in [3.05, 3.63) is 41.7 Å². The van der Waals surface area contributed by atoms with Gasteiger partial charge in [0.05, 0.1) is 17.2 Å². The monoisotopic (exact) mass is 451 g/mol. The minimum absolute atomic E-state index is 0.0298. The summed E-state index contributed by atoms with van der Waals surface area (Å²) in [5, 5.41) is 25.0. The summed E-state index contributed by atoms with van der Waals surface area (Å²) in [6.07, 6.45) is -6.75. The molecule has 170 valence electrons. The zero-order chi connectivity index (χ0) is 22.8. The molecule has 1 unspecified atom stereocenters. The first kappa shape index (κ1) is 23.2. The number of aliphatic hydroxyl groups is 2. The maximum absolute atomic E-state index is 13.0. The lowest BCUT2D eigenvalue weighted by Gasteiger charge is -2.31. The van der Waals surface area contributed by atoms with Crippen LogP contribution in [-0.2, 0) is 12.4 Å². The minimum Gasteiger partial charge on any atom is -0.393 e. The van der Waals surface area contributed by atoms with Crippen molar-refractivity contribution in [1.29, 1.82) is 0 Å². The molecule has 0 bridgehead atoms. The van der Waals surface area contributed by atoms with E-state index in [1.165, 1.54) is 12.3 Å². The Hall–Kier alpha value is -2.48. The van der Waals surface area contributed by atoms with Crippen molar-refractivity contribution < 1.29 is 36.6 Å². The van der Waals surface area contributed by atoms with Crippen LogP contribution in [0.4, 0.5) is 26.3 Å². The Morgan fingerprint density at radius 1 is 1.03 bits per heavy atom. The number of aromatic nitrogens is 3. The lowest BCUT2D eigenvalue weighted by atomic mass is 10.0. The molecule has 3 rings (SSSR count). The summed E-state index contributed by atoms with van der Waals surface area (Å²) in [6.45, 7) is 1.05. The van der Waals surface area contributed by atoms with Crippen LogP contribution in [0, 0.1) is 0 Å². The van der Waals surface area contributed by atoms with Crippen LogP contribution in [0.3, 0.4) is 0 Å². The van der Waals surface area contributed by atoms with Crippen LogP contribution in [0.1, 0.15) is 24.0 Å². The molecule has 1 aromatic carbocycles. The Morgan fingerprint density at radius 2 is 1.61 bits per heavy atom. The topological polar surface area (TPSA) is 86.4 Å². The third-order valence-corrected chi connectivity index (χ3v) is 4.55.